The van der Waals surface area contributed by atoms with Crippen LogP contribution in [-0.4, -0.2) is 35.8 Å². The SMILES string of the molecule is C=CCN(CC=C)C(=O)C(C)NC(=O)CCc1ccc(F)cc1. The molecule has 0 bridgehead atoms. The molecule has 1 aromatic rings. The average Bonchev–Trinajstić information content (AvgIpc) is 2.53. The van der Waals surface area contributed by atoms with Gasteiger partial charge in [-0.3, -0.25) is 9.59 Å². The summed E-state index contributed by atoms with van der Waals surface area (Å²) in [6.07, 6.45) is 4.00. The highest BCUT2D eigenvalue weighted by atomic mass is 19.1. The lowest BCUT2D eigenvalue weighted by Gasteiger charge is -2.23. The fourth-order valence-electron chi connectivity index (χ4n) is 2.12. The Hall–Kier alpha value is -2.43. The van der Waals surface area contributed by atoms with Crippen molar-refractivity contribution in [3.63, 3.8) is 0 Å². The van der Waals surface area contributed by atoms with Gasteiger partial charge in [0.2, 0.25) is 11.8 Å². The molecule has 2 amide bonds. The molecule has 1 rings (SSSR count). The highest BCUT2D eigenvalue weighted by Gasteiger charge is 2.20. The highest BCUT2D eigenvalue weighted by Crippen LogP contribution is 2.06. The molecule has 0 radical (unpaired) electrons. The Morgan fingerprint density at radius 3 is 2.30 bits per heavy atom. The van der Waals surface area contributed by atoms with Crippen molar-refractivity contribution in [2.75, 3.05) is 13.1 Å². The van der Waals surface area contributed by atoms with E-state index in [-0.39, 0.29) is 24.1 Å². The lowest BCUT2D eigenvalue weighted by Crippen LogP contribution is -2.47. The molecule has 23 heavy (non-hydrogen) atoms. The predicted molar refractivity (Wildman–Crippen MR) is 89.3 cm³/mol. The number of hydrogen-bond donors (Lipinski definition) is 1. The van der Waals surface area contributed by atoms with Gasteiger partial charge in [-0.25, -0.2) is 4.39 Å². The maximum absolute atomic E-state index is 12.8. The Labute approximate surface area is 136 Å². The lowest BCUT2D eigenvalue weighted by atomic mass is 10.1. The van der Waals surface area contributed by atoms with Gasteiger partial charge in [-0.05, 0) is 31.0 Å². The number of amides is 2. The van der Waals surface area contributed by atoms with Crippen molar-refractivity contribution in [1.82, 2.24) is 10.2 Å². The van der Waals surface area contributed by atoms with Crippen LogP contribution in [0.15, 0.2) is 49.6 Å². The first-order chi connectivity index (χ1) is 11.0. The van der Waals surface area contributed by atoms with Crippen LogP contribution in [0.3, 0.4) is 0 Å². The van der Waals surface area contributed by atoms with Gasteiger partial charge in [0.05, 0.1) is 0 Å². The molecule has 0 aliphatic heterocycles. The van der Waals surface area contributed by atoms with E-state index in [1.54, 1.807) is 36.1 Å². The molecule has 5 heteroatoms. The molecule has 0 heterocycles. The maximum Gasteiger partial charge on any atom is 0.245 e. The molecule has 0 fully saturated rings. The predicted octanol–water partition coefficient (Wildman–Crippen LogP) is 2.46. The second-order valence-corrected chi connectivity index (χ2v) is 5.24. The number of nitrogens with one attached hydrogen (secondary N) is 1. The van der Waals surface area contributed by atoms with Gasteiger partial charge in [0.25, 0.3) is 0 Å². The summed E-state index contributed by atoms with van der Waals surface area (Å²) in [6, 6.07) is 5.40. The van der Waals surface area contributed by atoms with E-state index in [2.05, 4.69) is 18.5 Å². The standard InChI is InChI=1S/C18H23FN2O2/c1-4-12-21(13-5-2)18(23)14(3)20-17(22)11-8-15-6-9-16(19)10-7-15/h4-7,9-10,14H,1-2,8,11-13H2,3H3,(H,20,22). The van der Waals surface area contributed by atoms with Gasteiger partial charge < -0.3 is 10.2 Å². The zero-order valence-electron chi connectivity index (χ0n) is 13.4. The van der Waals surface area contributed by atoms with Gasteiger partial charge >= 0.3 is 0 Å². The summed E-state index contributed by atoms with van der Waals surface area (Å²) in [5.74, 6) is -0.700. The number of nitrogens with zero attached hydrogens (tertiary/aromatic N) is 1. The molecule has 1 atom stereocenters. The Morgan fingerprint density at radius 2 is 1.78 bits per heavy atom. The average molecular weight is 318 g/mol. The van der Waals surface area contributed by atoms with Crippen LogP contribution in [-0.2, 0) is 16.0 Å². The largest absolute Gasteiger partial charge is 0.345 e. The van der Waals surface area contributed by atoms with Gasteiger partial charge in [-0.2, -0.15) is 0 Å². The summed E-state index contributed by atoms with van der Waals surface area (Å²) in [5, 5.41) is 2.69. The number of rotatable bonds is 9. The minimum Gasteiger partial charge on any atom is -0.345 e. The summed E-state index contributed by atoms with van der Waals surface area (Å²) in [6.45, 7) is 9.68. The molecule has 1 aromatic carbocycles. The van der Waals surface area contributed by atoms with Gasteiger partial charge in [-0.15, -0.1) is 13.2 Å². The molecule has 0 aliphatic carbocycles. The van der Waals surface area contributed by atoms with Crippen LogP contribution in [0.1, 0.15) is 18.9 Å². The molecule has 0 aromatic heterocycles. The van der Waals surface area contributed by atoms with Gasteiger partial charge in [0.15, 0.2) is 0 Å². The molecule has 1 unspecified atom stereocenters. The number of carbonyl (C=O) groups excluding carboxylic acids is 2. The fraction of sp³-hybridized carbons (Fsp3) is 0.333. The molecule has 0 spiro atoms. The van der Waals surface area contributed by atoms with E-state index in [1.165, 1.54) is 12.1 Å². The smallest absolute Gasteiger partial charge is 0.245 e. The first-order valence-electron chi connectivity index (χ1n) is 7.52. The van der Waals surface area contributed by atoms with Crippen molar-refractivity contribution in [3.8, 4) is 0 Å². The number of hydrogen-bond acceptors (Lipinski definition) is 2. The van der Waals surface area contributed by atoms with Crippen LogP contribution >= 0.6 is 0 Å². The third-order valence-corrected chi connectivity index (χ3v) is 3.31. The molecule has 4 nitrogen and oxygen atoms in total. The van der Waals surface area contributed by atoms with E-state index in [1.807, 2.05) is 0 Å². The van der Waals surface area contributed by atoms with Crippen molar-refractivity contribution in [2.24, 2.45) is 0 Å². The second kappa shape index (κ2) is 9.56. The number of halogens is 1. The fourth-order valence-corrected chi connectivity index (χ4v) is 2.12. The molecule has 0 saturated heterocycles. The highest BCUT2D eigenvalue weighted by molar-refractivity contribution is 5.87. The third kappa shape index (κ3) is 6.46. The number of benzene rings is 1. The quantitative estimate of drug-likeness (QED) is 0.711. The Morgan fingerprint density at radius 1 is 1.22 bits per heavy atom. The molecule has 0 aliphatic rings. The van der Waals surface area contributed by atoms with E-state index in [0.717, 1.165) is 5.56 Å². The second-order valence-electron chi connectivity index (χ2n) is 5.24. The maximum atomic E-state index is 12.8. The Kier molecular flexibility index (Phi) is 7.74. The zero-order valence-corrected chi connectivity index (χ0v) is 13.4. The first kappa shape index (κ1) is 18.6. The van der Waals surface area contributed by atoms with Gasteiger partial charge in [0.1, 0.15) is 11.9 Å². The molecule has 1 N–H and O–H groups in total. The Bertz CT molecular complexity index is 545. The Balaban J connectivity index is 2.48. The van der Waals surface area contributed by atoms with E-state index in [9.17, 15) is 14.0 Å². The summed E-state index contributed by atoms with van der Waals surface area (Å²) in [7, 11) is 0. The van der Waals surface area contributed by atoms with Crippen LogP contribution in [0.25, 0.3) is 0 Å². The monoisotopic (exact) mass is 318 g/mol. The van der Waals surface area contributed by atoms with Crippen molar-refractivity contribution in [3.05, 3.63) is 61.0 Å². The number of aryl methyl sites for hydroxylation is 1. The lowest BCUT2D eigenvalue weighted by molar-refractivity contribution is -0.135. The summed E-state index contributed by atoms with van der Waals surface area (Å²) < 4.78 is 12.8. The van der Waals surface area contributed by atoms with Crippen molar-refractivity contribution < 1.29 is 14.0 Å². The van der Waals surface area contributed by atoms with E-state index < -0.39 is 6.04 Å². The minimum atomic E-state index is -0.615. The molecule has 0 saturated carbocycles. The van der Waals surface area contributed by atoms with Crippen LogP contribution < -0.4 is 5.32 Å². The number of carbonyl (C=O) groups is 2. The van der Waals surface area contributed by atoms with E-state index >= 15 is 0 Å². The molecule has 124 valence electrons. The molecular formula is C18H23FN2O2. The van der Waals surface area contributed by atoms with Gasteiger partial charge in [-0.1, -0.05) is 24.3 Å². The topological polar surface area (TPSA) is 49.4 Å². The summed E-state index contributed by atoms with van der Waals surface area (Å²) in [4.78, 5) is 25.7. The van der Waals surface area contributed by atoms with Crippen LogP contribution in [0.2, 0.25) is 0 Å². The van der Waals surface area contributed by atoms with Crippen molar-refractivity contribution in [1.29, 1.82) is 0 Å². The summed E-state index contributed by atoms with van der Waals surface area (Å²) in [5.41, 5.74) is 0.875. The molecular weight excluding hydrogens is 295 g/mol. The van der Waals surface area contributed by atoms with E-state index in [0.29, 0.717) is 19.5 Å². The van der Waals surface area contributed by atoms with Crippen molar-refractivity contribution in [2.45, 2.75) is 25.8 Å². The normalized spacial score (nSPS) is 11.4. The van der Waals surface area contributed by atoms with Crippen LogP contribution in [0.4, 0.5) is 4.39 Å². The zero-order chi connectivity index (χ0) is 17.2. The van der Waals surface area contributed by atoms with Crippen LogP contribution in [0, 0.1) is 5.82 Å². The minimum absolute atomic E-state index is 0.181. The first-order valence-corrected chi connectivity index (χ1v) is 7.52. The van der Waals surface area contributed by atoms with Crippen molar-refractivity contribution >= 4 is 11.8 Å². The van der Waals surface area contributed by atoms with Gasteiger partial charge in [0, 0.05) is 19.5 Å². The third-order valence-electron chi connectivity index (χ3n) is 3.31. The van der Waals surface area contributed by atoms with Crippen LogP contribution in [0.5, 0.6) is 0 Å². The summed E-state index contributed by atoms with van der Waals surface area (Å²) >= 11 is 0. The van der Waals surface area contributed by atoms with E-state index in [4.69, 9.17) is 0 Å².